The van der Waals surface area contributed by atoms with Crippen LogP contribution in [0.1, 0.15) is 34.6 Å². The van der Waals surface area contributed by atoms with E-state index in [-0.39, 0.29) is 17.7 Å². The van der Waals surface area contributed by atoms with E-state index in [4.69, 9.17) is 18.9 Å². The first-order valence-electron chi connectivity index (χ1n) is 9.93. The lowest BCUT2D eigenvalue weighted by molar-refractivity contribution is -0.172. The lowest BCUT2D eigenvalue weighted by Gasteiger charge is -2.32. The highest BCUT2D eigenvalue weighted by Gasteiger charge is 2.46. The molecule has 2 N–H and O–H groups in total. The third kappa shape index (κ3) is 5.89. The number of carbonyl (C=O) groups is 2. The van der Waals surface area contributed by atoms with E-state index in [9.17, 15) is 19.8 Å². The number of benzene rings is 2. The van der Waals surface area contributed by atoms with Gasteiger partial charge < -0.3 is 29.2 Å². The standard InChI is InChI=1S/C23H26O8/c1-23(2)28-14-18(31-23)20(30-22(27)16-11-7-4-8-12-16)19(17(25)13-24)29-21(26)15-9-5-3-6-10-15/h3-12,17-20,24-25H,13-14H2,1-2H3/t17-,18-,19-,20-/m1/s1. The molecule has 0 unspecified atom stereocenters. The molecule has 1 heterocycles. The summed E-state index contributed by atoms with van der Waals surface area (Å²) in [5.41, 5.74) is 0.520. The molecule has 31 heavy (non-hydrogen) atoms. The highest BCUT2D eigenvalue weighted by atomic mass is 16.8. The summed E-state index contributed by atoms with van der Waals surface area (Å²) in [6.07, 6.45) is -4.98. The van der Waals surface area contributed by atoms with Gasteiger partial charge in [-0.1, -0.05) is 36.4 Å². The monoisotopic (exact) mass is 430 g/mol. The number of ether oxygens (including phenoxy) is 4. The molecule has 1 fully saturated rings. The normalized spacial score (nSPS) is 20.5. The van der Waals surface area contributed by atoms with Crippen LogP contribution < -0.4 is 0 Å². The minimum Gasteiger partial charge on any atom is -0.452 e. The fourth-order valence-corrected chi connectivity index (χ4v) is 3.23. The van der Waals surface area contributed by atoms with Crippen molar-refractivity contribution < 1.29 is 38.7 Å². The maximum absolute atomic E-state index is 12.7. The van der Waals surface area contributed by atoms with Crippen LogP contribution >= 0.6 is 0 Å². The van der Waals surface area contributed by atoms with E-state index in [1.807, 2.05) is 0 Å². The smallest absolute Gasteiger partial charge is 0.338 e. The predicted molar refractivity (Wildman–Crippen MR) is 109 cm³/mol. The molecule has 8 heteroatoms. The summed E-state index contributed by atoms with van der Waals surface area (Å²) < 4.78 is 22.6. The molecule has 3 rings (SSSR count). The minimum absolute atomic E-state index is 0.0390. The highest BCUT2D eigenvalue weighted by Crippen LogP contribution is 2.29. The predicted octanol–water partition coefficient (Wildman–Crippen LogP) is 1.94. The molecule has 0 bridgehead atoms. The van der Waals surface area contributed by atoms with Gasteiger partial charge in [0.05, 0.1) is 24.3 Å². The highest BCUT2D eigenvalue weighted by molar-refractivity contribution is 5.90. The SMILES string of the molecule is CC1(C)OC[C@H]([C@@H](OC(=O)c2ccccc2)[C@H](OC(=O)c2ccccc2)[C@H](O)CO)O1. The molecule has 0 aromatic heterocycles. The second-order valence-electron chi connectivity index (χ2n) is 7.59. The van der Waals surface area contributed by atoms with Crippen LogP contribution in [0.25, 0.3) is 0 Å². The van der Waals surface area contributed by atoms with E-state index in [2.05, 4.69) is 0 Å². The van der Waals surface area contributed by atoms with Gasteiger partial charge in [0, 0.05) is 0 Å². The lowest BCUT2D eigenvalue weighted by atomic mass is 10.0. The second-order valence-corrected chi connectivity index (χ2v) is 7.59. The number of aliphatic hydroxyl groups excluding tert-OH is 2. The molecule has 0 spiro atoms. The van der Waals surface area contributed by atoms with Crippen molar-refractivity contribution >= 4 is 11.9 Å². The number of hydrogen-bond acceptors (Lipinski definition) is 8. The van der Waals surface area contributed by atoms with E-state index in [1.54, 1.807) is 74.5 Å². The van der Waals surface area contributed by atoms with Gasteiger partial charge in [-0.25, -0.2) is 9.59 Å². The van der Waals surface area contributed by atoms with Crippen molar-refractivity contribution in [1.82, 2.24) is 0 Å². The molecule has 0 aliphatic carbocycles. The average molecular weight is 430 g/mol. The maximum Gasteiger partial charge on any atom is 0.338 e. The van der Waals surface area contributed by atoms with Crippen LogP contribution in [0.5, 0.6) is 0 Å². The van der Waals surface area contributed by atoms with Crippen LogP contribution in [0.4, 0.5) is 0 Å². The Labute approximate surface area is 180 Å². The third-order valence-corrected chi connectivity index (χ3v) is 4.79. The van der Waals surface area contributed by atoms with Gasteiger partial charge in [-0.2, -0.15) is 0 Å². The average Bonchev–Trinajstić information content (AvgIpc) is 3.15. The Balaban J connectivity index is 1.88. The van der Waals surface area contributed by atoms with Crippen molar-refractivity contribution in [3.63, 3.8) is 0 Å². The first kappa shape index (κ1) is 22.9. The van der Waals surface area contributed by atoms with E-state index >= 15 is 0 Å². The van der Waals surface area contributed by atoms with Crippen LogP contribution in [0, 0.1) is 0 Å². The van der Waals surface area contributed by atoms with Crippen LogP contribution in [0.15, 0.2) is 60.7 Å². The Morgan fingerprint density at radius 3 is 1.97 bits per heavy atom. The molecular weight excluding hydrogens is 404 g/mol. The van der Waals surface area contributed by atoms with Crippen molar-refractivity contribution in [1.29, 1.82) is 0 Å². The molecule has 8 nitrogen and oxygen atoms in total. The van der Waals surface area contributed by atoms with Crippen LogP contribution in [-0.2, 0) is 18.9 Å². The molecule has 1 saturated heterocycles. The largest absolute Gasteiger partial charge is 0.452 e. The summed E-state index contributed by atoms with van der Waals surface area (Å²) in [6, 6.07) is 16.4. The van der Waals surface area contributed by atoms with E-state index in [1.165, 1.54) is 0 Å². The van der Waals surface area contributed by atoms with Gasteiger partial charge in [-0.3, -0.25) is 0 Å². The first-order valence-corrected chi connectivity index (χ1v) is 9.93. The van der Waals surface area contributed by atoms with Gasteiger partial charge in [-0.15, -0.1) is 0 Å². The molecule has 0 amide bonds. The van der Waals surface area contributed by atoms with Gasteiger partial charge >= 0.3 is 11.9 Å². The summed E-state index contributed by atoms with van der Waals surface area (Å²) in [5.74, 6) is -2.39. The van der Waals surface area contributed by atoms with Crippen LogP contribution in [-0.4, -0.2) is 65.6 Å². The van der Waals surface area contributed by atoms with E-state index < -0.39 is 48.7 Å². The molecule has 2 aromatic carbocycles. The molecule has 0 radical (unpaired) electrons. The zero-order valence-corrected chi connectivity index (χ0v) is 17.3. The second kappa shape index (κ2) is 10.0. The summed E-state index contributed by atoms with van der Waals surface area (Å²) in [4.78, 5) is 25.4. The summed E-state index contributed by atoms with van der Waals surface area (Å²) >= 11 is 0. The van der Waals surface area contributed by atoms with E-state index in [0.29, 0.717) is 0 Å². The van der Waals surface area contributed by atoms with Gasteiger partial charge in [0.25, 0.3) is 0 Å². The van der Waals surface area contributed by atoms with Crippen molar-refractivity contribution in [3.05, 3.63) is 71.8 Å². The number of rotatable bonds is 8. The van der Waals surface area contributed by atoms with Gasteiger partial charge in [0.1, 0.15) is 12.2 Å². The molecule has 166 valence electrons. The van der Waals surface area contributed by atoms with Gasteiger partial charge in [-0.05, 0) is 38.1 Å². The zero-order valence-electron chi connectivity index (χ0n) is 17.3. The fourth-order valence-electron chi connectivity index (χ4n) is 3.23. The van der Waals surface area contributed by atoms with Crippen molar-refractivity contribution in [2.45, 2.75) is 44.1 Å². The maximum atomic E-state index is 12.7. The van der Waals surface area contributed by atoms with Gasteiger partial charge in [0.2, 0.25) is 0 Å². The molecule has 1 aliphatic rings. The molecule has 4 atom stereocenters. The lowest BCUT2D eigenvalue weighted by Crippen LogP contribution is -2.51. The Kier molecular flexibility index (Phi) is 7.40. The molecule has 2 aromatic rings. The number of hydrogen-bond donors (Lipinski definition) is 2. The minimum atomic E-state index is -1.52. The summed E-state index contributed by atoms with van der Waals surface area (Å²) in [5, 5.41) is 20.0. The van der Waals surface area contributed by atoms with E-state index in [0.717, 1.165) is 0 Å². The third-order valence-electron chi connectivity index (χ3n) is 4.79. The Morgan fingerprint density at radius 1 is 1.00 bits per heavy atom. The topological polar surface area (TPSA) is 112 Å². The Morgan fingerprint density at radius 2 is 1.52 bits per heavy atom. The number of carbonyl (C=O) groups excluding carboxylic acids is 2. The van der Waals surface area contributed by atoms with Crippen LogP contribution in [0.2, 0.25) is 0 Å². The first-order chi connectivity index (χ1) is 14.8. The molecular formula is C23H26O8. The fraction of sp³-hybridized carbons (Fsp3) is 0.391. The molecule has 1 aliphatic heterocycles. The Bertz CT molecular complexity index is 868. The van der Waals surface area contributed by atoms with Gasteiger partial charge in [0.15, 0.2) is 18.0 Å². The Hall–Kier alpha value is -2.78. The van der Waals surface area contributed by atoms with Crippen molar-refractivity contribution in [2.24, 2.45) is 0 Å². The number of aliphatic hydroxyl groups is 2. The molecule has 0 saturated carbocycles. The zero-order chi connectivity index (χ0) is 22.4. The van der Waals surface area contributed by atoms with Crippen LogP contribution in [0.3, 0.4) is 0 Å². The quantitative estimate of drug-likeness (QED) is 0.612. The summed E-state index contributed by atoms with van der Waals surface area (Å²) in [7, 11) is 0. The van der Waals surface area contributed by atoms with Crippen molar-refractivity contribution in [3.8, 4) is 0 Å². The van der Waals surface area contributed by atoms with Crippen molar-refractivity contribution in [2.75, 3.05) is 13.2 Å². The number of esters is 2. The summed E-state index contributed by atoms with van der Waals surface area (Å²) in [6.45, 7) is 2.70.